The van der Waals surface area contributed by atoms with Crippen LogP contribution in [0.3, 0.4) is 0 Å². The van der Waals surface area contributed by atoms with Gasteiger partial charge in [0, 0.05) is 18.8 Å². The Kier molecular flexibility index (Phi) is 8.12. The molecule has 2 amide bonds. The Hall–Kier alpha value is -1.59. The Bertz CT molecular complexity index is 1240. The molecular weight excluding hydrogens is 487 g/mol. The van der Waals surface area contributed by atoms with E-state index in [4.69, 9.17) is 0 Å². The van der Waals surface area contributed by atoms with Crippen molar-refractivity contribution in [2.75, 3.05) is 29.8 Å². The monoisotopic (exact) mass is 524 g/mol. The van der Waals surface area contributed by atoms with Crippen molar-refractivity contribution in [3.8, 4) is 0 Å². The number of amides is 2. The van der Waals surface area contributed by atoms with Crippen LogP contribution in [0.4, 0.5) is 16.2 Å². The number of urea groups is 1. The number of aryl methyl sites for hydroxylation is 4. The number of carbonyl (C=O) groups is 1. The Morgan fingerprint density at radius 3 is 2.14 bits per heavy atom. The van der Waals surface area contributed by atoms with Crippen molar-refractivity contribution < 1.29 is 13.2 Å². The van der Waals surface area contributed by atoms with Crippen LogP contribution < -0.4 is 14.3 Å². The zero-order chi connectivity index (χ0) is 24.9. The van der Waals surface area contributed by atoms with E-state index < -0.39 is 16.2 Å². The van der Waals surface area contributed by atoms with Gasteiger partial charge in [0.1, 0.15) is 0 Å². The number of anilines is 2. The fourth-order valence-electron chi connectivity index (χ4n) is 6.08. The number of benzene rings is 1. The third kappa shape index (κ3) is 5.07. The first-order valence-corrected chi connectivity index (χ1v) is 14.1. The predicted octanol–water partition coefficient (Wildman–Crippen LogP) is 2.33. The van der Waals surface area contributed by atoms with Gasteiger partial charge in [-0.3, -0.25) is 4.68 Å². The Morgan fingerprint density at radius 2 is 1.61 bits per heavy atom. The second kappa shape index (κ2) is 10.6. The first-order valence-electron chi connectivity index (χ1n) is 12.6. The Labute approximate surface area is 236 Å². The molecule has 36 heavy (non-hydrogen) atoms. The molecule has 5 rings (SSSR count). The average Bonchev–Trinajstić information content (AvgIpc) is 3.51. The van der Waals surface area contributed by atoms with Crippen LogP contribution in [-0.2, 0) is 42.9 Å². The van der Waals surface area contributed by atoms with E-state index in [1.165, 1.54) is 26.6 Å². The number of likely N-dealkylation sites (tertiary alicyclic amines) is 1. The van der Waals surface area contributed by atoms with E-state index in [1.54, 1.807) is 4.68 Å². The summed E-state index contributed by atoms with van der Waals surface area (Å²) in [5, 5.41) is 7.42. The van der Waals surface area contributed by atoms with Crippen LogP contribution in [0.1, 0.15) is 59.3 Å². The van der Waals surface area contributed by atoms with Crippen molar-refractivity contribution in [3.63, 3.8) is 0 Å². The van der Waals surface area contributed by atoms with Crippen LogP contribution in [0, 0.1) is 13.8 Å². The van der Waals surface area contributed by atoms with E-state index in [2.05, 4.69) is 26.1 Å². The number of fused-ring (bicyclic) bond motifs is 2. The van der Waals surface area contributed by atoms with Gasteiger partial charge in [-0.25, -0.2) is 13.8 Å². The molecule has 9 nitrogen and oxygen atoms in total. The van der Waals surface area contributed by atoms with Gasteiger partial charge in [0.25, 0.3) is 0 Å². The van der Waals surface area contributed by atoms with Crippen LogP contribution in [0.5, 0.6) is 0 Å². The molecule has 11 heteroatoms. The molecule has 1 aliphatic heterocycles. The van der Waals surface area contributed by atoms with Gasteiger partial charge in [-0.2, -0.15) is 13.5 Å². The van der Waals surface area contributed by atoms with Gasteiger partial charge < -0.3 is 10.2 Å². The van der Waals surface area contributed by atoms with E-state index >= 15 is 0 Å². The number of nitrogens with one attached hydrogen (secondary N) is 2. The summed E-state index contributed by atoms with van der Waals surface area (Å²) < 4.78 is 33.1. The molecule has 192 valence electrons. The Balaban J connectivity index is 0.00000304. The summed E-state index contributed by atoms with van der Waals surface area (Å²) in [5.74, 6) is 0. The fraction of sp³-hybridized carbons (Fsp3) is 0.600. The van der Waals surface area contributed by atoms with Crippen LogP contribution in [-0.4, -0.2) is 84.9 Å². The third-order valence-electron chi connectivity index (χ3n) is 7.90. The summed E-state index contributed by atoms with van der Waals surface area (Å²) in [6.07, 6.45) is 7.37. The summed E-state index contributed by atoms with van der Waals surface area (Å²) in [5.41, 5.74) is 7.70. The van der Waals surface area contributed by atoms with Crippen LogP contribution in [0.2, 0.25) is 0 Å². The molecule has 3 aliphatic rings. The topological polar surface area (TPSA) is 99.6 Å². The number of rotatable bonds is 5. The van der Waals surface area contributed by atoms with Crippen molar-refractivity contribution in [3.05, 3.63) is 39.7 Å². The molecule has 1 fully saturated rings. The summed E-state index contributed by atoms with van der Waals surface area (Å²) in [4.78, 5) is 15.4. The molecule has 0 atom stereocenters. The van der Waals surface area contributed by atoms with Crippen molar-refractivity contribution in [2.24, 2.45) is 7.05 Å². The van der Waals surface area contributed by atoms with Crippen molar-refractivity contribution in [1.82, 2.24) is 19.4 Å². The van der Waals surface area contributed by atoms with Gasteiger partial charge in [-0.05, 0) is 108 Å². The van der Waals surface area contributed by atoms with E-state index in [9.17, 15) is 13.2 Å². The van der Waals surface area contributed by atoms with Gasteiger partial charge in [-0.1, -0.05) is 6.07 Å². The van der Waals surface area contributed by atoms with Crippen LogP contribution >= 0.6 is 0 Å². The SMILES string of the molecule is Cc1nn(C)c(C)c1N(C1CCN(C)CC1)S(=O)(=O)NC(=O)Nc1c2c(cc3c1CCC3)CCC2.[NaH]. The second-order valence-electron chi connectivity index (χ2n) is 10.3. The van der Waals surface area contributed by atoms with Gasteiger partial charge in [0.05, 0.1) is 17.1 Å². The maximum absolute atomic E-state index is 13.8. The minimum absolute atomic E-state index is 0. The van der Waals surface area contributed by atoms with E-state index in [0.29, 0.717) is 24.2 Å². The molecule has 0 spiro atoms. The molecular formula is C25H37N6NaO3S. The van der Waals surface area contributed by atoms with E-state index in [0.717, 1.165) is 63.0 Å². The maximum atomic E-state index is 13.8. The molecule has 0 bridgehead atoms. The molecule has 1 aromatic heterocycles. The van der Waals surface area contributed by atoms with Crippen LogP contribution in [0.25, 0.3) is 0 Å². The van der Waals surface area contributed by atoms with Gasteiger partial charge >= 0.3 is 45.8 Å². The zero-order valence-corrected chi connectivity index (χ0v) is 22.0. The van der Waals surface area contributed by atoms with Gasteiger partial charge in [0.15, 0.2) is 0 Å². The number of aromatic nitrogens is 2. The van der Waals surface area contributed by atoms with Crippen LogP contribution in [0.15, 0.2) is 6.07 Å². The summed E-state index contributed by atoms with van der Waals surface area (Å²) in [6, 6.07) is 1.35. The Morgan fingerprint density at radius 1 is 1.03 bits per heavy atom. The second-order valence-corrected chi connectivity index (χ2v) is 11.8. The molecule has 2 N–H and O–H groups in total. The molecule has 2 heterocycles. The normalized spacial score (nSPS) is 17.9. The average molecular weight is 525 g/mol. The van der Waals surface area contributed by atoms with Gasteiger partial charge in [-0.15, -0.1) is 0 Å². The van der Waals surface area contributed by atoms with E-state index in [1.807, 2.05) is 27.9 Å². The number of carbonyl (C=O) groups excluding carboxylic acids is 1. The first-order chi connectivity index (χ1) is 16.7. The molecule has 1 saturated heterocycles. The molecule has 0 radical (unpaired) electrons. The quantitative estimate of drug-likeness (QED) is 0.585. The number of nitrogens with zero attached hydrogens (tertiary/aromatic N) is 4. The molecule has 1 aromatic carbocycles. The number of hydrogen-bond donors (Lipinski definition) is 2. The van der Waals surface area contributed by atoms with Crippen molar-refractivity contribution in [1.29, 1.82) is 0 Å². The predicted molar refractivity (Wildman–Crippen MR) is 144 cm³/mol. The summed E-state index contributed by atoms with van der Waals surface area (Å²) in [6.45, 7) is 5.27. The molecule has 0 unspecified atom stereocenters. The van der Waals surface area contributed by atoms with Gasteiger partial charge in [0.2, 0.25) is 0 Å². The minimum atomic E-state index is -4.17. The standard InChI is InChI=1S/C25H36N6O3S.Na.H/c1-16-24(17(2)30(4)27-16)31(20-11-13-29(3)14-12-20)35(33,34)28-25(32)26-23-21-9-5-7-18(21)15-19-8-6-10-22(19)23;;/h15,20H,5-14H2,1-4H3,(H2,26,28,32);;. The molecule has 2 aliphatic carbocycles. The number of piperidine rings is 1. The molecule has 2 aromatic rings. The first kappa shape index (κ1) is 27.4. The fourth-order valence-corrected chi connectivity index (χ4v) is 7.57. The van der Waals surface area contributed by atoms with Crippen molar-refractivity contribution >= 4 is 57.2 Å². The number of hydrogen-bond acceptors (Lipinski definition) is 5. The van der Waals surface area contributed by atoms with Crippen molar-refractivity contribution in [2.45, 2.75) is 71.3 Å². The third-order valence-corrected chi connectivity index (χ3v) is 9.35. The van der Waals surface area contributed by atoms with E-state index in [-0.39, 0.29) is 35.6 Å². The summed E-state index contributed by atoms with van der Waals surface area (Å²) >= 11 is 0. The molecule has 0 saturated carbocycles. The zero-order valence-electron chi connectivity index (χ0n) is 21.1. The summed E-state index contributed by atoms with van der Waals surface area (Å²) in [7, 11) is -0.325.